The lowest BCUT2D eigenvalue weighted by atomic mass is 9.96. The van der Waals surface area contributed by atoms with Crippen molar-refractivity contribution >= 4 is 88.8 Å². The monoisotopic (exact) mass is 1310 g/mol. The molecule has 0 unspecified atom stereocenters. The number of nitrogens with zero attached hydrogens (tertiary/aromatic N) is 2. The Labute approximate surface area is 539 Å². The van der Waals surface area contributed by atoms with Gasteiger partial charge in [-0.2, -0.15) is 0 Å². The van der Waals surface area contributed by atoms with Crippen molar-refractivity contribution in [3.8, 4) is 0 Å². The number of nitrogens with one attached hydrogen (secondary N) is 11. The molecule has 0 aliphatic carbocycles. The summed E-state index contributed by atoms with van der Waals surface area (Å²) in [7, 11) is 0. The van der Waals surface area contributed by atoms with Crippen LogP contribution in [-0.2, 0) is 62.3 Å². The highest BCUT2D eigenvalue weighted by molar-refractivity contribution is 5.99. The van der Waals surface area contributed by atoms with E-state index in [4.69, 9.17) is 40.1 Å². The van der Waals surface area contributed by atoms with Crippen LogP contribution in [0.5, 0.6) is 0 Å². The van der Waals surface area contributed by atoms with Gasteiger partial charge in [0.05, 0.1) is 19.1 Å². The third-order valence-corrected chi connectivity index (χ3v) is 14.8. The predicted octanol–water partition coefficient (Wildman–Crippen LogP) is -5.03. The number of carbonyl (C=O) groups is 13. The average molecular weight is 1310 g/mol. The number of aliphatic carboxylic acids is 1. The van der Waals surface area contributed by atoms with Gasteiger partial charge in [-0.05, 0) is 101 Å². The van der Waals surface area contributed by atoms with Crippen molar-refractivity contribution in [1.82, 2.24) is 58.5 Å². The molecule has 0 aromatic carbocycles. The molecule has 12 amide bonds. The molecule has 0 saturated carbocycles. The van der Waals surface area contributed by atoms with Crippen LogP contribution < -0.4 is 98.6 Å². The van der Waals surface area contributed by atoms with Crippen molar-refractivity contribution in [3.63, 3.8) is 0 Å². The highest BCUT2D eigenvalue weighted by Crippen LogP contribution is 2.14. The molecule has 0 saturated heterocycles. The molecule has 0 bridgehead atoms. The maximum Gasteiger partial charge on any atom is 0.326 e. The van der Waals surface area contributed by atoms with Gasteiger partial charge in [0.1, 0.15) is 54.4 Å². The Balaban J connectivity index is 6.63. The van der Waals surface area contributed by atoms with Crippen molar-refractivity contribution in [2.24, 2.45) is 79.7 Å². The molecule has 0 aliphatic rings. The van der Waals surface area contributed by atoms with Gasteiger partial charge < -0.3 is 104 Å². The van der Waals surface area contributed by atoms with Gasteiger partial charge in [0.25, 0.3) is 0 Å². The van der Waals surface area contributed by atoms with Gasteiger partial charge in [0.15, 0.2) is 11.9 Å². The number of aliphatic imine (C=N–C) groups is 2. The summed E-state index contributed by atoms with van der Waals surface area (Å²) in [5.41, 5.74) is 39.1. The number of carboxylic acid groups (broad SMARTS) is 1. The standard InChI is InChI=1S/C58H108N20O14/c1-12-32(9)45(77-52(87)39(21-22-40(61)79)72-41(80)27-68-48(83)35(60)26-29(3)4)53(88)69-28-42(81)71-36(19-16-24-66-57(62)63)49(84)70-34(11)47(82)73-37(18-14-15-23-59)50(85)74-38(20-17-25-67-58(64)65)51(86)75-43(30(5)6)54(89)76-44(31(7)8)55(90)78-46(56(91)92)33(10)13-2/h29-39,43-46H,12-28,59-60H2,1-11H3,(H2,61,79)(H,68,83)(H,69,88)(H,70,84)(H,71,81)(H,72,80)(H,73,82)(H,74,85)(H,75,86)(H,76,89)(H,77,87)(H,78,90)(H,91,92)(H4,62,63,66)(H4,64,65,67)/t32-,33-,34-,35-,36-,37-,38-,39-,43-,44-,45-,46-/m0/s1. The van der Waals surface area contributed by atoms with E-state index in [-0.39, 0.29) is 82.4 Å². The lowest BCUT2D eigenvalue weighted by Gasteiger charge is -2.30. The molecule has 0 aromatic rings. The number of hydrogen-bond donors (Lipinski definition) is 19. The number of carbonyl (C=O) groups excluding carboxylic acids is 12. The first-order valence-corrected chi connectivity index (χ1v) is 31.4. The van der Waals surface area contributed by atoms with Crippen molar-refractivity contribution in [3.05, 3.63) is 0 Å². The molecule has 92 heavy (non-hydrogen) atoms. The summed E-state index contributed by atoms with van der Waals surface area (Å²) in [5.74, 6) is -13.5. The Morgan fingerprint density at radius 2 is 0.804 bits per heavy atom. The van der Waals surface area contributed by atoms with E-state index in [1.807, 2.05) is 13.8 Å². The Kier molecular flexibility index (Phi) is 40.1. The van der Waals surface area contributed by atoms with Gasteiger partial charge in [-0.25, -0.2) is 4.79 Å². The molecule has 34 heteroatoms. The van der Waals surface area contributed by atoms with Crippen molar-refractivity contribution < 1.29 is 67.4 Å². The molecule has 0 heterocycles. The molecular weight excluding hydrogens is 1200 g/mol. The van der Waals surface area contributed by atoms with Gasteiger partial charge in [-0.1, -0.05) is 82.1 Å². The molecule has 12 atom stereocenters. The maximum absolute atomic E-state index is 14.3. The number of unbranched alkanes of at least 4 members (excludes halogenated alkanes) is 1. The zero-order valence-electron chi connectivity index (χ0n) is 55.4. The molecular formula is C58H108N20O14. The minimum Gasteiger partial charge on any atom is -0.480 e. The van der Waals surface area contributed by atoms with Crippen LogP contribution in [0.1, 0.15) is 153 Å². The van der Waals surface area contributed by atoms with E-state index in [9.17, 15) is 67.4 Å². The summed E-state index contributed by atoms with van der Waals surface area (Å²) in [4.78, 5) is 182. The van der Waals surface area contributed by atoms with E-state index in [2.05, 4.69) is 68.5 Å². The van der Waals surface area contributed by atoms with Gasteiger partial charge in [0.2, 0.25) is 70.9 Å². The lowest BCUT2D eigenvalue weighted by Crippen LogP contribution is -2.61. The quantitative estimate of drug-likeness (QED) is 0.0154. The first-order chi connectivity index (χ1) is 43.0. The summed E-state index contributed by atoms with van der Waals surface area (Å²) in [6, 6.07) is -12.8. The van der Waals surface area contributed by atoms with E-state index < -0.39 is 174 Å². The summed E-state index contributed by atoms with van der Waals surface area (Å²) in [6.45, 7) is 17.3. The van der Waals surface area contributed by atoms with Gasteiger partial charge in [0, 0.05) is 19.5 Å². The van der Waals surface area contributed by atoms with E-state index in [1.165, 1.54) is 6.92 Å². The average Bonchev–Trinajstić information content (AvgIpc) is 0.965. The zero-order valence-corrected chi connectivity index (χ0v) is 55.4. The SMILES string of the molecule is CC[C@H](C)[C@H](NC(=O)[C@@H](NC(=O)[C@@H](NC(=O)[C@H](CCCN=C(N)N)NC(=O)[C@H](CCCCN)NC(=O)[C@H](C)NC(=O)[C@H](CCCN=C(N)N)NC(=O)CNC(=O)[C@@H](NC(=O)[C@H](CCC(N)=O)NC(=O)CNC(=O)[C@@H](N)CC(C)C)[C@@H](C)CC)C(C)C)C(C)C)C(=O)O. The molecule has 524 valence electrons. The smallest absolute Gasteiger partial charge is 0.326 e. The van der Waals surface area contributed by atoms with E-state index in [0.717, 1.165) is 0 Å². The highest BCUT2D eigenvalue weighted by Gasteiger charge is 2.37. The second-order valence-electron chi connectivity index (χ2n) is 24.0. The number of rotatable bonds is 46. The maximum atomic E-state index is 14.3. The molecule has 0 rings (SSSR count). The Morgan fingerprint density at radius 1 is 0.424 bits per heavy atom. The van der Waals surface area contributed by atoms with E-state index >= 15 is 0 Å². The number of amides is 12. The van der Waals surface area contributed by atoms with Crippen molar-refractivity contribution in [1.29, 1.82) is 0 Å². The fourth-order valence-corrected chi connectivity index (χ4v) is 8.94. The fourth-order valence-electron chi connectivity index (χ4n) is 8.94. The number of primary amides is 1. The third-order valence-electron chi connectivity index (χ3n) is 14.8. The van der Waals surface area contributed by atoms with Crippen LogP contribution >= 0.6 is 0 Å². The van der Waals surface area contributed by atoms with E-state index in [1.54, 1.807) is 55.4 Å². The second kappa shape index (κ2) is 44.1. The van der Waals surface area contributed by atoms with Crippen molar-refractivity contribution in [2.75, 3.05) is 32.7 Å². The van der Waals surface area contributed by atoms with Crippen LogP contribution in [-0.4, -0.2) is 187 Å². The highest BCUT2D eigenvalue weighted by atomic mass is 16.4. The summed E-state index contributed by atoms with van der Waals surface area (Å²) >= 11 is 0. The summed E-state index contributed by atoms with van der Waals surface area (Å²) in [5, 5.41) is 37.8. The van der Waals surface area contributed by atoms with Crippen molar-refractivity contribution in [2.45, 2.75) is 214 Å². The largest absolute Gasteiger partial charge is 0.480 e. The molecule has 26 N–H and O–H groups in total. The van der Waals surface area contributed by atoms with Crippen LogP contribution in [0, 0.1) is 29.6 Å². The first-order valence-electron chi connectivity index (χ1n) is 31.4. The van der Waals surface area contributed by atoms with Gasteiger partial charge >= 0.3 is 5.97 Å². The van der Waals surface area contributed by atoms with E-state index in [0.29, 0.717) is 32.1 Å². The minimum absolute atomic E-state index is 0.00790. The molecule has 0 aliphatic heterocycles. The van der Waals surface area contributed by atoms with Gasteiger partial charge in [-0.15, -0.1) is 0 Å². The zero-order chi connectivity index (χ0) is 70.5. The Morgan fingerprint density at radius 3 is 1.23 bits per heavy atom. The molecule has 0 radical (unpaired) electrons. The normalized spacial score (nSPS) is 15.0. The number of carboxylic acids is 1. The van der Waals surface area contributed by atoms with Gasteiger partial charge in [-0.3, -0.25) is 67.5 Å². The Bertz CT molecular complexity index is 2510. The molecule has 0 fully saturated rings. The number of guanidine groups is 2. The fraction of sp³-hybridized carbons (Fsp3) is 0.741. The topological polar surface area (TPSA) is 581 Å². The van der Waals surface area contributed by atoms with Crippen LogP contribution in [0.25, 0.3) is 0 Å². The van der Waals surface area contributed by atoms with Crippen LogP contribution in [0.2, 0.25) is 0 Å². The number of nitrogens with two attached hydrogens (primary N) is 7. The van der Waals surface area contributed by atoms with Crippen LogP contribution in [0.4, 0.5) is 0 Å². The second-order valence-corrected chi connectivity index (χ2v) is 24.0. The summed E-state index contributed by atoms with van der Waals surface area (Å²) in [6.07, 6.45) is 1.27. The first kappa shape index (κ1) is 83.6. The predicted molar refractivity (Wildman–Crippen MR) is 344 cm³/mol. The Hall–Kier alpha value is -8.43. The molecule has 34 nitrogen and oxygen atoms in total. The summed E-state index contributed by atoms with van der Waals surface area (Å²) < 4.78 is 0. The third kappa shape index (κ3) is 33.6. The lowest BCUT2D eigenvalue weighted by molar-refractivity contribution is -0.144. The van der Waals surface area contributed by atoms with Crippen LogP contribution in [0.15, 0.2) is 9.98 Å². The number of hydrogen-bond acceptors (Lipinski definition) is 17. The molecule has 0 aromatic heterocycles. The minimum atomic E-state index is -1.40. The van der Waals surface area contributed by atoms with Crippen LogP contribution in [0.3, 0.4) is 0 Å². The molecule has 0 spiro atoms.